The lowest BCUT2D eigenvalue weighted by molar-refractivity contribution is -0.137. The van der Waals surface area contributed by atoms with E-state index < -0.39 is 11.7 Å². The molecule has 0 saturated carbocycles. The van der Waals surface area contributed by atoms with Gasteiger partial charge in [-0.1, -0.05) is 36.4 Å². The molecular weight excluding hydrogens is 355 g/mol. The summed E-state index contributed by atoms with van der Waals surface area (Å²) in [5.41, 5.74) is 1.03. The molecule has 0 radical (unpaired) electrons. The van der Waals surface area contributed by atoms with Gasteiger partial charge in [0.25, 0.3) is 0 Å². The zero-order chi connectivity index (χ0) is 19.2. The Hall–Kier alpha value is -2.63. The van der Waals surface area contributed by atoms with Gasteiger partial charge in [-0.05, 0) is 30.0 Å². The van der Waals surface area contributed by atoms with Gasteiger partial charge >= 0.3 is 6.18 Å². The predicted molar refractivity (Wildman–Crippen MR) is 97.3 cm³/mol. The van der Waals surface area contributed by atoms with E-state index in [2.05, 4.69) is 5.32 Å². The molecular formula is C21H20F3NO2. The maximum Gasteiger partial charge on any atom is 0.418 e. The number of para-hydroxylation sites is 2. The van der Waals surface area contributed by atoms with E-state index in [1.54, 1.807) is 26.4 Å². The monoisotopic (exact) mass is 375 g/mol. The van der Waals surface area contributed by atoms with Gasteiger partial charge in [0.1, 0.15) is 0 Å². The number of allylic oxidation sites excluding steroid dienone is 2. The Labute approximate surface area is 155 Å². The summed E-state index contributed by atoms with van der Waals surface area (Å²) in [7, 11) is 3.09. The van der Waals surface area contributed by atoms with Crippen LogP contribution in [0.3, 0.4) is 0 Å². The molecule has 0 spiro atoms. The van der Waals surface area contributed by atoms with Crippen molar-refractivity contribution in [1.29, 1.82) is 0 Å². The minimum atomic E-state index is -4.42. The number of fused-ring (bicyclic) bond motifs is 3. The van der Waals surface area contributed by atoms with E-state index in [0.717, 1.165) is 18.1 Å². The van der Waals surface area contributed by atoms with Crippen molar-refractivity contribution in [1.82, 2.24) is 0 Å². The van der Waals surface area contributed by atoms with Crippen LogP contribution in [-0.4, -0.2) is 14.2 Å². The van der Waals surface area contributed by atoms with Crippen LogP contribution in [0.1, 0.15) is 35.1 Å². The first-order valence-electron chi connectivity index (χ1n) is 8.80. The summed E-state index contributed by atoms with van der Waals surface area (Å²) in [6, 6.07) is 9.58. The van der Waals surface area contributed by atoms with Crippen LogP contribution in [0, 0.1) is 5.92 Å². The first-order chi connectivity index (χ1) is 13.0. The Morgan fingerprint density at radius 2 is 1.74 bits per heavy atom. The summed E-state index contributed by atoms with van der Waals surface area (Å²) in [5, 5.41) is 3.19. The molecule has 1 heterocycles. The summed E-state index contributed by atoms with van der Waals surface area (Å²) in [4.78, 5) is 0. The molecule has 1 aliphatic heterocycles. The molecule has 1 N–H and O–H groups in total. The van der Waals surface area contributed by atoms with E-state index in [9.17, 15) is 13.2 Å². The summed E-state index contributed by atoms with van der Waals surface area (Å²) in [5.74, 6) is 1.16. The van der Waals surface area contributed by atoms with E-state index in [1.165, 1.54) is 6.07 Å². The van der Waals surface area contributed by atoms with Crippen molar-refractivity contribution >= 4 is 5.69 Å². The van der Waals surface area contributed by atoms with Gasteiger partial charge in [-0.15, -0.1) is 0 Å². The molecule has 6 heteroatoms. The molecule has 3 atom stereocenters. The fourth-order valence-electron chi connectivity index (χ4n) is 4.32. The van der Waals surface area contributed by atoms with Gasteiger partial charge in [0.2, 0.25) is 0 Å². The average molecular weight is 375 g/mol. The molecule has 0 saturated heterocycles. The van der Waals surface area contributed by atoms with Gasteiger partial charge < -0.3 is 14.8 Å². The zero-order valence-corrected chi connectivity index (χ0v) is 15.0. The number of halogens is 3. The van der Waals surface area contributed by atoms with Crippen LogP contribution in [0.5, 0.6) is 11.5 Å². The highest BCUT2D eigenvalue weighted by atomic mass is 19.4. The largest absolute Gasteiger partial charge is 0.493 e. The quantitative estimate of drug-likeness (QED) is 0.714. The second-order valence-electron chi connectivity index (χ2n) is 6.83. The summed E-state index contributed by atoms with van der Waals surface area (Å²) in [6.45, 7) is 0. The minimum Gasteiger partial charge on any atom is -0.493 e. The minimum absolute atomic E-state index is 0.0653. The SMILES string of the molecule is COc1cccc([C@@H]2Nc3c(cccc3C(F)(F)F)[C@H]3C=CC[C@@H]32)c1OC. The third kappa shape index (κ3) is 2.83. The summed E-state index contributed by atoms with van der Waals surface area (Å²) >= 11 is 0. The van der Waals surface area contributed by atoms with Gasteiger partial charge in [0.15, 0.2) is 11.5 Å². The van der Waals surface area contributed by atoms with Gasteiger partial charge in [-0.2, -0.15) is 13.2 Å². The zero-order valence-electron chi connectivity index (χ0n) is 15.0. The van der Waals surface area contributed by atoms with Crippen LogP contribution in [0.25, 0.3) is 0 Å². The van der Waals surface area contributed by atoms with Crippen molar-refractivity contribution in [3.8, 4) is 11.5 Å². The van der Waals surface area contributed by atoms with Gasteiger partial charge in [0, 0.05) is 11.5 Å². The Morgan fingerprint density at radius 1 is 1.00 bits per heavy atom. The van der Waals surface area contributed by atoms with Crippen LogP contribution < -0.4 is 14.8 Å². The van der Waals surface area contributed by atoms with Crippen molar-refractivity contribution < 1.29 is 22.6 Å². The Kier molecular flexibility index (Phi) is 4.29. The highest BCUT2D eigenvalue weighted by Gasteiger charge is 2.43. The molecule has 0 fully saturated rings. The van der Waals surface area contributed by atoms with Crippen LogP contribution in [0.15, 0.2) is 48.6 Å². The normalized spacial score (nSPS) is 23.4. The van der Waals surface area contributed by atoms with E-state index in [-0.39, 0.29) is 23.6 Å². The number of nitrogens with one attached hydrogen (secondary N) is 1. The fourth-order valence-corrected chi connectivity index (χ4v) is 4.32. The Balaban J connectivity index is 1.87. The highest BCUT2D eigenvalue weighted by molar-refractivity contribution is 5.66. The van der Waals surface area contributed by atoms with Crippen molar-refractivity contribution in [2.75, 3.05) is 19.5 Å². The molecule has 27 heavy (non-hydrogen) atoms. The number of rotatable bonds is 3. The van der Waals surface area contributed by atoms with E-state index in [1.807, 2.05) is 24.3 Å². The Morgan fingerprint density at radius 3 is 2.44 bits per heavy atom. The molecule has 142 valence electrons. The smallest absolute Gasteiger partial charge is 0.418 e. The number of hydrogen-bond acceptors (Lipinski definition) is 3. The lowest BCUT2D eigenvalue weighted by Gasteiger charge is -2.39. The van der Waals surface area contributed by atoms with Crippen LogP contribution in [0.2, 0.25) is 0 Å². The topological polar surface area (TPSA) is 30.5 Å². The molecule has 2 aromatic rings. The first kappa shape index (κ1) is 17.8. The average Bonchev–Trinajstić information content (AvgIpc) is 3.15. The highest BCUT2D eigenvalue weighted by Crippen LogP contribution is 2.54. The third-order valence-electron chi connectivity index (χ3n) is 5.47. The van der Waals surface area contributed by atoms with Crippen molar-refractivity contribution in [3.63, 3.8) is 0 Å². The molecule has 0 aromatic heterocycles. The van der Waals surface area contributed by atoms with Crippen molar-refractivity contribution in [2.24, 2.45) is 5.92 Å². The summed E-state index contributed by atoms with van der Waals surface area (Å²) < 4.78 is 51.8. The van der Waals surface area contributed by atoms with Gasteiger partial charge in [-0.3, -0.25) is 0 Å². The van der Waals surface area contributed by atoms with E-state index in [4.69, 9.17) is 9.47 Å². The molecule has 3 nitrogen and oxygen atoms in total. The molecule has 0 amide bonds. The van der Waals surface area contributed by atoms with Crippen LogP contribution >= 0.6 is 0 Å². The second kappa shape index (κ2) is 6.51. The number of anilines is 1. The van der Waals surface area contributed by atoms with Gasteiger partial charge in [-0.25, -0.2) is 0 Å². The maximum absolute atomic E-state index is 13.6. The molecule has 0 unspecified atom stereocenters. The molecule has 2 aromatic carbocycles. The van der Waals surface area contributed by atoms with Crippen LogP contribution in [0.4, 0.5) is 18.9 Å². The van der Waals surface area contributed by atoms with E-state index in [0.29, 0.717) is 17.1 Å². The lowest BCUT2D eigenvalue weighted by Crippen LogP contribution is -2.31. The number of ether oxygens (including phenoxy) is 2. The van der Waals surface area contributed by atoms with Crippen molar-refractivity contribution in [3.05, 3.63) is 65.2 Å². The number of alkyl halides is 3. The van der Waals surface area contributed by atoms with Gasteiger partial charge in [0.05, 0.1) is 31.5 Å². The molecule has 1 aliphatic carbocycles. The van der Waals surface area contributed by atoms with E-state index >= 15 is 0 Å². The summed E-state index contributed by atoms with van der Waals surface area (Å²) in [6.07, 6.45) is 0.436. The predicted octanol–water partition coefficient (Wildman–Crippen LogP) is 5.55. The number of hydrogen-bond donors (Lipinski definition) is 1. The number of methoxy groups -OCH3 is 2. The second-order valence-corrected chi connectivity index (χ2v) is 6.83. The maximum atomic E-state index is 13.6. The molecule has 2 aliphatic rings. The lowest BCUT2D eigenvalue weighted by atomic mass is 9.76. The standard InChI is InChI=1S/C21H20F3NO2/c1-26-17-11-5-9-15(20(17)27-2)18-13-7-3-6-12(13)14-8-4-10-16(19(14)25-18)21(22,23)24/h3-6,8-13,18,25H,7H2,1-2H3/t12-,13-,18+/m0/s1. The molecule has 0 bridgehead atoms. The molecule has 4 rings (SSSR count). The van der Waals surface area contributed by atoms with Crippen LogP contribution in [-0.2, 0) is 6.18 Å². The Bertz CT molecular complexity index is 891. The first-order valence-corrected chi connectivity index (χ1v) is 8.80. The number of benzene rings is 2. The third-order valence-corrected chi connectivity index (χ3v) is 5.47. The fraction of sp³-hybridized carbons (Fsp3) is 0.333. The van der Waals surface area contributed by atoms with Crippen molar-refractivity contribution in [2.45, 2.75) is 24.6 Å².